The summed E-state index contributed by atoms with van der Waals surface area (Å²) in [4.78, 5) is 22.6. The van der Waals surface area contributed by atoms with Gasteiger partial charge in [-0.1, -0.05) is 0 Å². The molecule has 0 saturated heterocycles. The van der Waals surface area contributed by atoms with Gasteiger partial charge in [0.05, 0.1) is 0 Å². The fourth-order valence-corrected chi connectivity index (χ4v) is 1.54. The molecule has 2 aromatic rings. The van der Waals surface area contributed by atoms with E-state index in [0.29, 0.717) is 5.82 Å². The minimum absolute atomic E-state index is 0.218. The highest BCUT2D eigenvalue weighted by atomic mass is 32.1. The maximum absolute atomic E-state index is 11.5. The smallest absolute Gasteiger partial charge is 0.274 e. The van der Waals surface area contributed by atoms with Crippen LogP contribution in [0.25, 0.3) is 0 Å². The number of hydrogen-bond donors (Lipinski definition) is 2. The molecule has 0 aliphatic carbocycles. The Bertz CT molecular complexity index is 525. The van der Waals surface area contributed by atoms with Crippen LogP contribution in [0.15, 0.2) is 22.3 Å². The van der Waals surface area contributed by atoms with E-state index in [4.69, 9.17) is 0 Å². The van der Waals surface area contributed by atoms with Crippen LogP contribution in [0.4, 0.5) is 5.82 Å². The van der Waals surface area contributed by atoms with Crippen molar-refractivity contribution in [3.05, 3.63) is 33.6 Å². The van der Waals surface area contributed by atoms with Gasteiger partial charge < -0.3 is 5.32 Å². The third kappa shape index (κ3) is 1.96. The summed E-state index contributed by atoms with van der Waals surface area (Å²) >= 11 is 1.24. The predicted octanol–water partition coefficient (Wildman–Crippen LogP) is 0.422. The minimum atomic E-state index is -0.376. The Balaban J connectivity index is 2.18. The fourth-order valence-electron chi connectivity index (χ4n) is 1.07. The largest absolute Gasteiger partial charge is 0.304 e. The second kappa shape index (κ2) is 3.70. The van der Waals surface area contributed by atoms with Crippen LogP contribution in [-0.4, -0.2) is 20.1 Å². The molecule has 2 rings (SSSR count). The van der Waals surface area contributed by atoms with E-state index < -0.39 is 0 Å². The van der Waals surface area contributed by atoms with Crippen LogP contribution in [0.2, 0.25) is 0 Å². The van der Waals surface area contributed by atoms with Gasteiger partial charge in [0.1, 0.15) is 11.5 Å². The molecule has 0 atom stereocenters. The van der Waals surface area contributed by atoms with Crippen molar-refractivity contribution in [1.29, 1.82) is 0 Å². The first-order valence-electron chi connectivity index (χ1n) is 4.14. The number of hydrogen-bond acceptors (Lipinski definition) is 4. The van der Waals surface area contributed by atoms with Crippen LogP contribution < -0.4 is 10.9 Å². The maximum atomic E-state index is 11.5. The summed E-state index contributed by atoms with van der Waals surface area (Å²) in [6.07, 6.45) is 0. The molecule has 0 saturated carbocycles. The highest BCUT2D eigenvalue weighted by Crippen LogP contribution is 2.06. The standard InChI is InChI=1S/C8H8N4O2S/c1-12-7(13)4-5(10-12)8(14)9-6-2-3-15-11-6/h2-4,10H,1H3,(H,9,11,14). The van der Waals surface area contributed by atoms with E-state index in [1.807, 2.05) is 0 Å². The zero-order chi connectivity index (χ0) is 10.8. The van der Waals surface area contributed by atoms with Gasteiger partial charge in [-0.3, -0.25) is 19.4 Å². The van der Waals surface area contributed by atoms with Gasteiger partial charge in [-0.15, -0.1) is 0 Å². The molecule has 0 aliphatic rings. The lowest BCUT2D eigenvalue weighted by Gasteiger charge is -1.97. The minimum Gasteiger partial charge on any atom is -0.304 e. The molecule has 1 amide bonds. The number of aromatic amines is 1. The molecule has 0 bridgehead atoms. The normalized spacial score (nSPS) is 10.2. The fraction of sp³-hybridized carbons (Fsp3) is 0.125. The predicted molar refractivity (Wildman–Crippen MR) is 56.1 cm³/mol. The summed E-state index contributed by atoms with van der Waals surface area (Å²) < 4.78 is 5.15. The van der Waals surface area contributed by atoms with Crippen molar-refractivity contribution in [2.45, 2.75) is 0 Å². The van der Waals surface area contributed by atoms with E-state index in [-0.39, 0.29) is 17.2 Å². The Morgan fingerprint density at radius 2 is 2.47 bits per heavy atom. The van der Waals surface area contributed by atoms with Crippen LogP contribution >= 0.6 is 11.5 Å². The first-order valence-corrected chi connectivity index (χ1v) is 4.98. The van der Waals surface area contributed by atoms with Crippen LogP contribution in [-0.2, 0) is 7.05 Å². The van der Waals surface area contributed by atoms with Gasteiger partial charge in [0.15, 0.2) is 0 Å². The number of carbonyl (C=O) groups excluding carboxylic acids is 1. The molecule has 0 radical (unpaired) electrons. The van der Waals surface area contributed by atoms with Crippen molar-refractivity contribution in [2.75, 3.05) is 5.32 Å². The Labute approximate surface area is 88.7 Å². The summed E-state index contributed by atoms with van der Waals surface area (Å²) in [5.74, 6) is 0.105. The van der Waals surface area contributed by atoms with Gasteiger partial charge in [-0.05, 0) is 17.6 Å². The van der Waals surface area contributed by atoms with E-state index in [9.17, 15) is 9.59 Å². The van der Waals surface area contributed by atoms with Gasteiger partial charge in [-0.2, -0.15) is 4.37 Å². The summed E-state index contributed by atoms with van der Waals surface area (Å²) in [5.41, 5.74) is -0.0334. The highest BCUT2D eigenvalue weighted by Gasteiger charge is 2.10. The van der Waals surface area contributed by atoms with Gasteiger partial charge in [0.2, 0.25) is 0 Å². The summed E-state index contributed by atoms with van der Waals surface area (Å²) in [6, 6.07) is 2.92. The molecule has 7 heteroatoms. The Morgan fingerprint density at radius 3 is 3.00 bits per heavy atom. The van der Waals surface area contributed by atoms with E-state index in [1.54, 1.807) is 18.5 Å². The molecule has 6 nitrogen and oxygen atoms in total. The number of amides is 1. The monoisotopic (exact) mass is 224 g/mol. The maximum Gasteiger partial charge on any atom is 0.274 e. The second-order valence-corrected chi connectivity index (χ2v) is 3.57. The van der Waals surface area contributed by atoms with Crippen LogP contribution in [0.1, 0.15) is 10.5 Å². The number of aromatic nitrogens is 3. The molecule has 2 aromatic heterocycles. The number of nitrogens with zero attached hydrogens (tertiary/aromatic N) is 2. The molecular formula is C8H8N4O2S. The van der Waals surface area contributed by atoms with Crippen molar-refractivity contribution in [1.82, 2.24) is 14.2 Å². The molecule has 0 fully saturated rings. The lowest BCUT2D eigenvalue weighted by molar-refractivity contribution is 0.102. The molecule has 2 N–H and O–H groups in total. The Hall–Kier alpha value is -1.89. The van der Waals surface area contributed by atoms with Crippen molar-refractivity contribution >= 4 is 23.3 Å². The molecule has 0 unspecified atom stereocenters. The number of anilines is 1. The topological polar surface area (TPSA) is 79.8 Å². The average molecular weight is 224 g/mol. The van der Waals surface area contributed by atoms with Crippen LogP contribution in [0.3, 0.4) is 0 Å². The van der Waals surface area contributed by atoms with E-state index in [1.165, 1.54) is 22.3 Å². The third-order valence-electron chi connectivity index (χ3n) is 1.81. The van der Waals surface area contributed by atoms with Crippen molar-refractivity contribution in [3.63, 3.8) is 0 Å². The van der Waals surface area contributed by atoms with Gasteiger partial charge >= 0.3 is 0 Å². The third-order valence-corrected chi connectivity index (χ3v) is 2.37. The molecule has 2 heterocycles. The SMILES string of the molecule is Cn1[nH]c(C(=O)Nc2ccsn2)cc1=O. The van der Waals surface area contributed by atoms with Gasteiger partial charge in [0.25, 0.3) is 11.5 Å². The number of nitrogens with one attached hydrogen (secondary N) is 2. The zero-order valence-electron chi connectivity index (χ0n) is 7.85. The number of aryl methyl sites for hydroxylation is 1. The lowest BCUT2D eigenvalue weighted by Crippen LogP contribution is -2.13. The zero-order valence-corrected chi connectivity index (χ0v) is 8.67. The highest BCUT2D eigenvalue weighted by molar-refractivity contribution is 7.03. The van der Waals surface area contributed by atoms with E-state index >= 15 is 0 Å². The number of carbonyl (C=O) groups is 1. The first-order chi connectivity index (χ1) is 7.16. The molecule has 0 aliphatic heterocycles. The molecule has 15 heavy (non-hydrogen) atoms. The van der Waals surface area contributed by atoms with Crippen LogP contribution in [0, 0.1) is 0 Å². The van der Waals surface area contributed by atoms with Crippen molar-refractivity contribution in [2.24, 2.45) is 7.05 Å². The Morgan fingerprint density at radius 1 is 1.67 bits per heavy atom. The lowest BCUT2D eigenvalue weighted by atomic mass is 10.4. The number of rotatable bonds is 2. The Kier molecular flexibility index (Phi) is 2.38. The summed E-state index contributed by atoms with van der Waals surface area (Å²) in [6.45, 7) is 0. The van der Waals surface area contributed by atoms with E-state index in [0.717, 1.165) is 0 Å². The number of H-pyrrole nitrogens is 1. The first kappa shape index (κ1) is 9.66. The molecule has 78 valence electrons. The average Bonchev–Trinajstić information content (AvgIpc) is 2.78. The quantitative estimate of drug-likeness (QED) is 0.776. The second-order valence-electron chi connectivity index (χ2n) is 2.91. The molecule has 0 aromatic carbocycles. The van der Waals surface area contributed by atoms with Crippen LogP contribution in [0.5, 0.6) is 0 Å². The van der Waals surface area contributed by atoms with Crippen molar-refractivity contribution < 1.29 is 4.79 Å². The van der Waals surface area contributed by atoms with Gasteiger partial charge in [0, 0.05) is 18.5 Å². The molecular weight excluding hydrogens is 216 g/mol. The van der Waals surface area contributed by atoms with E-state index in [2.05, 4.69) is 14.8 Å². The summed E-state index contributed by atoms with van der Waals surface area (Å²) in [5, 5.41) is 6.93. The summed E-state index contributed by atoms with van der Waals surface area (Å²) in [7, 11) is 1.54. The van der Waals surface area contributed by atoms with Crippen molar-refractivity contribution in [3.8, 4) is 0 Å². The molecule has 0 spiro atoms. The van der Waals surface area contributed by atoms with Gasteiger partial charge in [-0.25, -0.2) is 0 Å².